The van der Waals surface area contributed by atoms with Crippen LogP contribution in [0.3, 0.4) is 0 Å². The van der Waals surface area contributed by atoms with E-state index in [2.05, 4.69) is 50.9 Å². The maximum Gasteiger partial charge on any atom is 0.254 e. The van der Waals surface area contributed by atoms with Gasteiger partial charge in [0.1, 0.15) is 5.82 Å². The number of hydrogen-bond acceptors (Lipinski definition) is 5. The maximum atomic E-state index is 12.4. The second kappa shape index (κ2) is 9.37. The first-order valence-electron chi connectivity index (χ1n) is 9.69. The molecule has 6 heteroatoms. The van der Waals surface area contributed by atoms with Crippen LogP contribution in [0.15, 0.2) is 47.7 Å². The summed E-state index contributed by atoms with van der Waals surface area (Å²) in [5.41, 5.74) is 4.65. The van der Waals surface area contributed by atoms with E-state index in [1.807, 2.05) is 19.1 Å². The molecular formula is C22H27N5O. The summed E-state index contributed by atoms with van der Waals surface area (Å²) in [5.74, 6) is 0.627. The van der Waals surface area contributed by atoms with E-state index < -0.39 is 0 Å². The number of aromatic nitrogens is 4. The van der Waals surface area contributed by atoms with Crippen molar-refractivity contribution in [3.05, 3.63) is 75.7 Å². The van der Waals surface area contributed by atoms with Crippen molar-refractivity contribution in [2.75, 3.05) is 7.05 Å². The summed E-state index contributed by atoms with van der Waals surface area (Å²) in [5, 5.41) is 0. The van der Waals surface area contributed by atoms with Crippen LogP contribution < -0.4 is 5.56 Å². The van der Waals surface area contributed by atoms with Gasteiger partial charge in [0.25, 0.3) is 5.56 Å². The minimum atomic E-state index is -0.0243. The molecule has 0 aliphatic carbocycles. The van der Waals surface area contributed by atoms with Crippen molar-refractivity contribution >= 4 is 0 Å². The Morgan fingerprint density at radius 2 is 1.89 bits per heavy atom. The van der Waals surface area contributed by atoms with Crippen LogP contribution in [0.2, 0.25) is 0 Å². The van der Waals surface area contributed by atoms with Crippen LogP contribution in [0.25, 0.3) is 11.4 Å². The molecule has 0 unspecified atom stereocenters. The number of unbranched alkanes of at least 4 members (excludes halogenated alkanes) is 1. The van der Waals surface area contributed by atoms with Gasteiger partial charge >= 0.3 is 0 Å². The molecule has 2 heterocycles. The van der Waals surface area contributed by atoms with Crippen molar-refractivity contribution in [3.63, 3.8) is 0 Å². The molecule has 0 saturated heterocycles. The highest BCUT2D eigenvalue weighted by Gasteiger charge is 2.10. The first-order chi connectivity index (χ1) is 13.6. The van der Waals surface area contributed by atoms with Gasteiger partial charge in [0.05, 0.1) is 5.69 Å². The van der Waals surface area contributed by atoms with Crippen molar-refractivity contribution in [3.8, 4) is 11.4 Å². The average Bonchev–Trinajstić information content (AvgIpc) is 2.68. The second-order valence-electron chi connectivity index (χ2n) is 7.15. The lowest BCUT2D eigenvalue weighted by atomic mass is 10.1. The molecule has 0 fully saturated rings. The van der Waals surface area contributed by atoms with E-state index in [1.165, 1.54) is 5.56 Å². The average molecular weight is 377 g/mol. The Hall–Kier alpha value is -2.86. The molecule has 6 nitrogen and oxygen atoms in total. The Bertz CT molecular complexity index is 951. The minimum Gasteiger partial charge on any atom is -0.306 e. The van der Waals surface area contributed by atoms with Gasteiger partial charge in [0, 0.05) is 48.5 Å². The predicted molar refractivity (Wildman–Crippen MR) is 111 cm³/mol. The van der Waals surface area contributed by atoms with Crippen LogP contribution in [-0.4, -0.2) is 31.9 Å². The molecule has 0 aliphatic heterocycles. The smallest absolute Gasteiger partial charge is 0.254 e. The fraction of sp³-hybridized carbons (Fsp3) is 0.364. The minimum absolute atomic E-state index is 0.0243. The van der Waals surface area contributed by atoms with Crippen LogP contribution in [0.1, 0.15) is 42.3 Å². The highest BCUT2D eigenvalue weighted by atomic mass is 16.1. The summed E-state index contributed by atoms with van der Waals surface area (Å²) in [7, 11) is 2.06. The van der Waals surface area contributed by atoms with Crippen molar-refractivity contribution in [2.45, 2.75) is 46.2 Å². The molecule has 0 bridgehead atoms. The molecular weight excluding hydrogens is 350 g/mol. The monoisotopic (exact) mass is 377 g/mol. The number of nitrogens with zero attached hydrogens (tertiary/aromatic N) is 4. The predicted octanol–water partition coefficient (Wildman–Crippen LogP) is 3.51. The number of H-pyrrole nitrogens is 1. The lowest BCUT2D eigenvalue weighted by Gasteiger charge is -2.16. The highest BCUT2D eigenvalue weighted by Crippen LogP contribution is 2.17. The summed E-state index contributed by atoms with van der Waals surface area (Å²) >= 11 is 0. The van der Waals surface area contributed by atoms with Gasteiger partial charge in [-0.05, 0) is 32.4 Å². The highest BCUT2D eigenvalue weighted by molar-refractivity contribution is 5.55. The molecule has 0 radical (unpaired) electrons. The van der Waals surface area contributed by atoms with E-state index >= 15 is 0 Å². The van der Waals surface area contributed by atoms with Crippen molar-refractivity contribution in [1.82, 2.24) is 24.8 Å². The Morgan fingerprint density at radius 1 is 1.11 bits per heavy atom. The van der Waals surface area contributed by atoms with Gasteiger partial charge < -0.3 is 4.98 Å². The number of benzene rings is 1. The second-order valence-corrected chi connectivity index (χ2v) is 7.15. The topological polar surface area (TPSA) is 74.8 Å². The largest absolute Gasteiger partial charge is 0.306 e. The number of hydrogen-bond donors (Lipinski definition) is 1. The van der Waals surface area contributed by atoms with E-state index in [9.17, 15) is 4.79 Å². The van der Waals surface area contributed by atoms with E-state index in [0.717, 1.165) is 54.9 Å². The van der Waals surface area contributed by atoms with Crippen LogP contribution >= 0.6 is 0 Å². The fourth-order valence-electron chi connectivity index (χ4n) is 3.22. The Labute approximate surface area is 165 Å². The summed E-state index contributed by atoms with van der Waals surface area (Å²) in [6.07, 6.45) is 8.02. The molecule has 1 N–H and O–H groups in total. The van der Waals surface area contributed by atoms with Gasteiger partial charge in [-0.15, -0.1) is 0 Å². The Kier molecular flexibility index (Phi) is 6.66. The zero-order valence-corrected chi connectivity index (χ0v) is 16.8. The van der Waals surface area contributed by atoms with E-state index in [-0.39, 0.29) is 5.56 Å². The van der Waals surface area contributed by atoms with Gasteiger partial charge in [-0.2, -0.15) is 0 Å². The van der Waals surface area contributed by atoms with Crippen molar-refractivity contribution in [2.24, 2.45) is 0 Å². The van der Waals surface area contributed by atoms with Crippen molar-refractivity contribution in [1.29, 1.82) is 0 Å². The standard InChI is InChI=1S/C22H27N5O/c1-4-5-6-20-16(2)25-21(26-22(20)28)18-9-7-17(8-10-18)14-27(3)15-19-13-23-11-12-24-19/h7-13H,4-6,14-15H2,1-3H3,(H,25,26,28). The third-order valence-electron chi connectivity index (χ3n) is 4.73. The number of rotatable bonds is 8. The normalized spacial score (nSPS) is 11.1. The third-order valence-corrected chi connectivity index (χ3v) is 4.73. The molecule has 0 saturated carbocycles. The van der Waals surface area contributed by atoms with Crippen LogP contribution in [0, 0.1) is 6.92 Å². The SMILES string of the molecule is CCCCc1c(C)nc(-c2ccc(CN(C)Cc3cnccn3)cc2)[nH]c1=O. The molecule has 0 atom stereocenters. The quantitative estimate of drug-likeness (QED) is 0.650. The summed E-state index contributed by atoms with van der Waals surface area (Å²) in [6, 6.07) is 8.16. The zero-order valence-electron chi connectivity index (χ0n) is 16.8. The molecule has 0 amide bonds. The van der Waals surface area contributed by atoms with Crippen LogP contribution in [0.4, 0.5) is 0 Å². The van der Waals surface area contributed by atoms with E-state index in [4.69, 9.17) is 0 Å². The van der Waals surface area contributed by atoms with Gasteiger partial charge in [-0.25, -0.2) is 4.98 Å². The number of aromatic amines is 1. The summed E-state index contributed by atoms with van der Waals surface area (Å²) in [6.45, 7) is 5.58. The summed E-state index contributed by atoms with van der Waals surface area (Å²) < 4.78 is 0. The first kappa shape index (κ1) is 19.9. The van der Waals surface area contributed by atoms with Gasteiger partial charge in [0.15, 0.2) is 0 Å². The first-order valence-corrected chi connectivity index (χ1v) is 9.69. The molecule has 3 aromatic rings. The molecule has 28 heavy (non-hydrogen) atoms. The van der Waals surface area contributed by atoms with Crippen LogP contribution in [0.5, 0.6) is 0 Å². The molecule has 0 aliphatic rings. The lowest BCUT2D eigenvalue weighted by molar-refractivity contribution is 0.314. The number of nitrogens with one attached hydrogen (secondary N) is 1. The molecule has 146 valence electrons. The Balaban J connectivity index is 1.69. The summed E-state index contributed by atoms with van der Waals surface area (Å²) in [4.78, 5) is 30.6. The fourth-order valence-corrected chi connectivity index (χ4v) is 3.22. The number of aryl methyl sites for hydroxylation is 1. The van der Waals surface area contributed by atoms with Crippen LogP contribution in [-0.2, 0) is 19.5 Å². The Morgan fingerprint density at radius 3 is 2.54 bits per heavy atom. The van der Waals surface area contributed by atoms with E-state index in [0.29, 0.717) is 5.82 Å². The molecule has 0 spiro atoms. The molecule has 2 aromatic heterocycles. The van der Waals surface area contributed by atoms with E-state index in [1.54, 1.807) is 18.6 Å². The van der Waals surface area contributed by atoms with Gasteiger partial charge in [-0.1, -0.05) is 37.6 Å². The van der Waals surface area contributed by atoms with Crippen molar-refractivity contribution < 1.29 is 0 Å². The zero-order chi connectivity index (χ0) is 19.9. The maximum absolute atomic E-state index is 12.4. The molecule has 3 rings (SSSR count). The van der Waals surface area contributed by atoms with Gasteiger partial charge in [-0.3, -0.25) is 19.7 Å². The molecule has 1 aromatic carbocycles. The lowest BCUT2D eigenvalue weighted by Crippen LogP contribution is -2.18. The third kappa shape index (κ3) is 5.10. The van der Waals surface area contributed by atoms with Gasteiger partial charge in [0.2, 0.25) is 0 Å².